The first-order valence-electron chi connectivity index (χ1n) is 6.38. The predicted octanol–water partition coefficient (Wildman–Crippen LogP) is 3.37. The molecule has 0 saturated heterocycles. The zero-order chi connectivity index (χ0) is 15.2. The second kappa shape index (κ2) is 6.95. The molecular weight excluding hydrogens is 290 g/mol. The Morgan fingerprint density at radius 1 is 1.43 bits per heavy atom. The van der Waals surface area contributed by atoms with Gasteiger partial charge in [-0.2, -0.15) is 0 Å². The smallest absolute Gasteiger partial charge is 0.319 e. The maximum Gasteiger partial charge on any atom is 0.319 e. The number of anilines is 1. The molecule has 1 aromatic heterocycles. The largest absolute Gasteiger partial charge is 0.495 e. The molecule has 0 spiro atoms. The molecule has 0 unspecified atom stereocenters. The third-order valence-electron chi connectivity index (χ3n) is 2.90. The predicted molar refractivity (Wildman–Crippen MR) is 82.8 cm³/mol. The number of carbonyl (C=O) groups is 1. The van der Waals surface area contributed by atoms with Crippen LogP contribution >= 0.6 is 11.6 Å². The normalized spacial score (nSPS) is 10.0. The zero-order valence-corrected chi connectivity index (χ0v) is 12.6. The van der Waals surface area contributed by atoms with Crippen LogP contribution in [0.4, 0.5) is 10.5 Å². The summed E-state index contributed by atoms with van der Waals surface area (Å²) in [6.07, 6.45) is 3.39. The van der Waals surface area contributed by atoms with E-state index in [4.69, 9.17) is 16.3 Å². The van der Waals surface area contributed by atoms with E-state index in [0.717, 1.165) is 11.1 Å². The molecule has 0 bridgehead atoms. The van der Waals surface area contributed by atoms with Crippen molar-refractivity contribution in [2.24, 2.45) is 0 Å². The van der Waals surface area contributed by atoms with Gasteiger partial charge in [0.05, 0.1) is 12.8 Å². The number of methoxy groups -OCH3 is 1. The fourth-order valence-corrected chi connectivity index (χ4v) is 1.94. The van der Waals surface area contributed by atoms with Crippen LogP contribution in [0.25, 0.3) is 0 Å². The number of amides is 2. The molecule has 2 rings (SSSR count). The molecule has 5 nitrogen and oxygen atoms in total. The molecule has 1 heterocycles. The summed E-state index contributed by atoms with van der Waals surface area (Å²) in [7, 11) is 1.53. The number of aromatic nitrogens is 1. The van der Waals surface area contributed by atoms with Crippen LogP contribution in [0.15, 0.2) is 36.7 Å². The van der Waals surface area contributed by atoms with E-state index in [-0.39, 0.29) is 6.03 Å². The van der Waals surface area contributed by atoms with Crippen LogP contribution in [0.1, 0.15) is 11.1 Å². The fourth-order valence-electron chi connectivity index (χ4n) is 1.78. The van der Waals surface area contributed by atoms with Gasteiger partial charge >= 0.3 is 6.03 Å². The number of pyridine rings is 1. The zero-order valence-electron chi connectivity index (χ0n) is 11.8. The van der Waals surface area contributed by atoms with Gasteiger partial charge in [-0.1, -0.05) is 17.7 Å². The van der Waals surface area contributed by atoms with E-state index >= 15 is 0 Å². The number of nitrogens with one attached hydrogen (secondary N) is 2. The maximum atomic E-state index is 11.9. The van der Waals surface area contributed by atoms with Crippen LogP contribution in [-0.4, -0.2) is 18.1 Å². The highest BCUT2D eigenvalue weighted by Gasteiger charge is 2.10. The fraction of sp³-hybridized carbons (Fsp3) is 0.200. The van der Waals surface area contributed by atoms with Crippen molar-refractivity contribution < 1.29 is 9.53 Å². The molecular formula is C15H16ClN3O2. The van der Waals surface area contributed by atoms with Crippen molar-refractivity contribution in [1.82, 2.24) is 10.3 Å². The van der Waals surface area contributed by atoms with Gasteiger partial charge in [-0.25, -0.2) is 4.79 Å². The standard InChI is InChI=1S/C15H16ClN3O2/c1-10-6-13(14(21-2)7-12(10)16)19-15(20)18-9-11-4-3-5-17-8-11/h3-8H,9H2,1-2H3,(H2,18,19,20). The van der Waals surface area contributed by atoms with Crippen LogP contribution in [0, 0.1) is 6.92 Å². The summed E-state index contributed by atoms with van der Waals surface area (Å²) in [4.78, 5) is 15.9. The molecule has 1 aromatic carbocycles. The van der Waals surface area contributed by atoms with Crippen LogP contribution < -0.4 is 15.4 Å². The first-order valence-corrected chi connectivity index (χ1v) is 6.76. The summed E-state index contributed by atoms with van der Waals surface area (Å²) in [5, 5.41) is 6.09. The van der Waals surface area contributed by atoms with Crippen molar-refractivity contribution in [1.29, 1.82) is 0 Å². The molecule has 0 saturated carbocycles. The Hall–Kier alpha value is -2.27. The molecule has 0 fully saturated rings. The summed E-state index contributed by atoms with van der Waals surface area (Å²) < 4.78 is 5.21. The molecule has 2 aromatic rings. The van der Waals surface area contributed by atoms with E-state index in [0.29, 0.717) is 23.0 Å². The Kier molecular flexibility index (Phi) is 5.00. The number of hydrogen-bond acceptors (Lipinski definition) is 3. The minimum atomic E-state index is -0.320. The first kappa shape index (κ1) is 15.1. The summed E-state index contributed by atoms with van der Waals surface area (Å²) >= 11 is 6.03. The summed E-state index contributed by atoms with van der Waals surface area (Å²) in [6.45, 7) is 2.26. The molecule has 110 valence electrons. The lowest BCUT2D eigenvalue weighted by Crippen LogP contribution is -2.28. The minimum Gasteiger partial charge on any atom is -0.495 e. The molecule has 2 N–H and O–H groups in total. The third-order valence-corrected chi connectivity index (χ3v) is 3.31. The second-order valence-corrected chi connectivity index (χ2v) is 4.88. The Balaban J connectivity index is 2.01. The Bertz CT molecular complexity index is 632. The highest BCUT2D eigenvalue weighted by Crippen LogP contribution is 2.30. The highest BCUT2D eigenvalue weighted by atomic mass is 35.5. The second-order valence-electron chi connectivity index (χ2n) is 4.47. The number of benzene rings is 1. The van der Waals surface area contributed by atoms with Crippen LogP contribution in [0.3, 0.4) is 0 Å². The van der Waals surface area contributed by atoms with Gasteiger partial charge in [0.15, 0.2) is 0 Å². The molecule has 0 aliphatic rings. The van der Waals surface area contributed by atoms with Crippen LogP contribution in [-0.2, 0) is 6.54 Å². The first-order chi connectivity index (χ1) is 10.1. The number of hydrogen-bond donors (Lipinski definition) is 2. The van der Waals surface area contributed by atoms with Crippen molar-refractivity contribution in [3.8, 4) is 5.75 Å². The summed E-state index contributed by atoms with van der Waals surface area (Å²) in [5.41, 5.74) is 2.36. The average molecular weight is 306 g/mol. The minimum absolute atomic E-state index is 0.320. The Labute approximate surface area is 128 Å². The third kappa shape index (κ3) is 4.10. The van der Waals surface area contributed by atoms with E-state index in [1.54, 1.807) is 24.5 Å². The van der Waals surface area contributed by atoms with Crippen LogP contribution in [0.2, 0.25) is 5.02 Å². The SMILES string of the molecule is COc1cc(Cl)c(C)cc1NC(=O)NCc1cccnc1. The summed E-state index contributed by atoms with van der Waals surface area (Å²) in [5.74, 6) is 0.516. The van der Waals surface area contributed by atoms with Crippen molar-refractivity contribution >= 4 is 23.3 Å². The number of rotatable bonds is 4. The van der Waals surface area contributed by atoms with E-state index in [9.17, 15) is 4.79 Å². The lowest BCUT2D eigenvalue weighted by Gasteiger charge is -2.13. The van der Waals surface area contributed by atoms with Gasteiger partial charge in [0, 0.05) is 30.0 Å². The number of aryl methyl sites for hydroxylation is 1. The van der Waals surface area contributed by atoms with Gasteiger partial charge in [-0.15, -0.1) is 0 Å². The summed E-state index contributed by atoms with van der Waals surface area (Å²) in [6, 6.07) is 6.83. The number of halogens is 1. The number of urea groups is 1. The van der Waals surface area contributed by atoms with Crippen molar-refractivity contribution in [2.45, 2.75) is 13.5 Å². The van der Waals surface area contributed by atoms with Gasteiger partial charge < -0.3 is 15.4 Å². The van der Waals surface area contributed by atoms with Gasteiger partial charge in [0.25, 0.3) is 0 Å². The molecule has 21 heavy (non-hydrogen) atoms. The van der Waals surface area contributed by atoms with Crippen molar-refractivity contribution in [2.75, 3.05) is 12.4 Å². The number of ether oxygens (including phenoxy) is 1. The van der Waals surface area contributed by atoms with Crippen LogP contribution in [0.5, 0.6) is 5.75 Å². The lowest BCUT2D eigenvalue weighted by atomic mass is 10.2. The molecule has 0 aliphatic heterocycles. The molecule has 0 radical (unpaired) electrons. The van der Waals surface area contributed by atoms with E-state index in [1.165, 1.54) is 7.11 Å². The molecule has 2 amide bonds. The number of carbonyl (C=O) groups excluding carboxylic acids is 1. The van der Waals surface area contributed by atoms with Crippen molar-refractivity contribution in [3.63, 3.8) is 0 Å². The molecule has 6 heteroatoms. The number of nitrogens with zero attached hydrogens (tertiary/aromatic N) is 1. The molecule has 0 aliphatic carbocycles. The monoisotopic (exact) mass is 305 g/mol. The Morgan fingerprint density at radius 2 is 2.24 bits per heavy atom. The topological polar surface area (TPSA) is 63.2 Å². The lowest BCUT2D eigenvalue weighted by molar-refractivity contribution is 0.251. The molecule has 0 atom stereocenters. The van der Waals surface area contributed by atoms with Gasteiger partial charge in [-0.05, 0) is 30.2 Å². The van der Waals surface area contributed by atoms with E-state index in [1.807, 2.05) is 19.1 Å². The average Bonchev–Trinajstić information content (AvgIpc) is 2.49. The van der Waals surface area contributed by atoms with E-state index < -0.39 is 0 Å². The maximum absolute atomic E-state index is 11.9. The quantitative estimate of drug-likeness (QED) is 0.910. The van der Waals surface area contributed by atoms with Gasteiger partial charge in [-0.3, -0.25) is 4.98 Å². The highest BCUT2D eigenvalue weighted by molar-refractivity contribution is 6.31. The van der Waals surface area contributed by atoms with Crippen molar-refractivity contribution in [3.05, 3.63) is 52.8 Å². The van der Waals surface area contributed by atoms with E-state index in [2.05, 4.69) is 15.6 Å². The Morgan fingerprint density at radius 3 is 2.90 bits per heavy atom. The van der Waals surface area contributed by atoms with Gasteiger partial charge in [0.1, 0.15) is 5.75 Å². The van der Waals surface area contributed by atoms with Gasteiger partial charge in [0.2, 0.25) is 0 Å².